The molecule has 1 unspecified atom stereocenters. The lowest BCUT2D eigenvalue weighted by Crippen LogP contribution is -2.18. The normalized spacial score (nSPS) is 16.8. The van der Waals surface area contributed by atoms with E-state index in [1.54, 1.807) is 0 Å². The first-order chi connectivity index (χ1) is 11.0. The molecule has 0 fully saturated rings. The van der Waals surface area contributed by atoms with Crippen LogP contribution in [0.1, 0.15) is 29.2 Å². The van der Waals surface area contributed by atoms with Crippen LogP contribution < -0.4 is 0 Å². The predicted octanol–water partition coefficient (Wildman–Crippen LogP) is 5.07. The van der Waals surface area contributed by atoms with Gasteiger partial charge in [-0.25, -0.2) is 0 Å². The van der Waals surface area contributed by atoms with Crippen molar-refractivity contribution in [2.45, 2.75) is 19.8 Å². The largest absolute Gasteiger partial charge is 0.309 e. The predicted molar refractivity (Wildman–Crippen MR) is 100 cm³/mol. The second-order valence-corrected chi connectivity index (χ2v) is 7.21. The number of aryl methyl sites for hydroxylation is 2. The van der Waals surface area contributed by atoms with E-state index in [1.807, 2.05) is 6.07 Å². The van der Waals surface area contributed by atoms with E-state index in [1.165, 1.54) is 27.8 Å². The summed E-state index contributed by atoms with van der Waals surface area (Å²) in [6.45, 7) is 3.33. The Labute approximate surface area is 144 Å². The number of hydrogen-bond acceptors (Lipinski definition) is 1. The van der Waals surface area contributed by atoms with E-state index in [-0.39, 0.29) is 0 Å². The van der Waals surface area contributed by atoms with Crippen LogP contribution in [-0.4, -0.2) is 25.5 Å². The molecule has 0 amide bonds. The van der Waals surface area contributed by atoms with Crippen molar-refractivity contribution in [1.82, 2.24) is 4.90 Å². The molecule has 1 nitrogen and oxygen atoms in total. The van der Waals surface area contributed by atoms with Gasteiger partial charge in [-0.3, -0.25) is 0 Å². The maximum Gasteiger partial charge on any atom is 0.0412 e. The number of halogens is 1. The van der Waals surface area contributed by atoms with E-state index in [9.17, 15) is 0 Å². The Bertz CT molecular complexity index is 730. The van der Waals surface area contributed by atoms with Gasteiger partial charge in [0.1, 0.15) is 0 Å². The fourth-order valence-corrected chi connectivity index (χ4v) is 3.70. The first-order valence-corrected chi connectivity index (χ1v) is 8.66. The third kappa shape index (κ3) is 3.68. The summed E-state index contributed by atoms with van der Waals surface area (Å²) in [4.78, 5) is 2.24. The molecule has 1 aliphatic rings. The lowest BCUT2D eigenvalue weighted by molar-refractivity contribution is 0.371. The van der Waals surface area contributed by atoms with Crippen molar-refractivity contribution < 1.29 is 0 Å². The van der Waals surface area contributed by atoms with Crippen LogP contribution in [0.3, 0.4) is 0 Å². The molecule has 2 aromatic carbocycles. The molecule has 0 saturated carbocycles. The topological polar surface area (TPSA) is 3.24 Å². The van der Waals surface area contributed by atoms with Crippen molar-refractivity contribution >= 4 is 17.2 Å². The monoisotopic (exact) mass is 325 g/mol. The zero-order valence-electron chi connectivity index (χ0n) is 14.1. The molecule has 23 heavy (non-hydrogen) atoms. The van der Waals surface area contributed by atoms with Crippen molar-refractivity contribution in [3.63, 3.8) is 0 Å². The van der Waals surface area contributed by atoms with Crippen LogP contribution in [0, 0.1) is 5.92 Å². The van der Waals surface area contributed by atoms with Gasteiger partial charge < -0.3 is 4.90 Å². The summed E-state index contributed by atoms with van der Waals surface area (Å²) in [6.07, 6.45) is 4.58. The summed E-state index contributed by atoms with van der Waals surface area (Å²) >= 11 is 6.31. The fraction of sp³-hybridized carbons (Fsp3) is 0.333. The lowest BCUT2D eigenvalue weighted by Gasteiger charge is -2.18. The molecular formula is C21H24ClN. The molecule has 2 aromatic rings. The van der Waals surface area contributed by atoms with Crippen molar-refractivity contribution in [3.8, 4) is 0 Å². The van der Waals surface area contributed by atoms with E-state index in [4.69, 9.17) is 11.6 Å². The molecule has 3 rings (SSSR count). The highest BCUT2D eigenvalue weighted by Crippen LogP contribution is 2.35. The third-order valence-corrected chi connectivity index (χ3v) is 4.67. The van der Waals surface area contributed by atoms with Crippen molar-refractivity contribution in [3.05, 3.63) is 75.8 Å². The van der Waals surface area contributed by atoms with Gasteiger partial charge in [-0.05, 0) is 72.8 Å². The molecule has 0 spiro atoms. The van der Waals surface area contributed by atoms with Gasteiger partial charge in [0.05, 0.1) is 0 Å². The van der Waals surface area contributed by atoms with Gasteiger partial charge in [0, 0.05) is 11.6 Å². The van der Waals surface area contributed by atoms with Gasteiger partial charge in [0.2, 0.25) is 0 Å². The van der Waals surface area contributed by atoms with E-state index >= 15 is 0 Å². The Hall–Kier alpha value is -1.57. The standard InChI is InChI=1S/C21H24ClN/c1-15(14-23(2)3)12-21-19-7-5-4-6-16(19)8-9-17-10-11-18(22)13-20(17)21/h4-7,10-13,15H,8-9,14H2,1-3H3/b21-12+. The molecule has 2 heteroatoms. The van der Waals surface area contributed by atoms with Crippen LogP contribution in [0.2, 0.25) is 5.02 Å². The van der Waals surface area contributed by atoms with Crippen molar-refractivity contribution in [2.75, 3.05) is 20.6 Å². The van der Waals surface area contributed by atoms with Crippen molar-refractivity contribution in [2.24, 2.45) is 5.92 Å². The third-order valence-electron chi connectivity index (χ3n) is 4.44. The van der Waals surface area contributed by atoms with Gasteiger partial charge in [0.25, 0.3) is 0 Å². The SMILES string of the molecule is CC(/C=C1\c2ccccc2CCc2ccc(Cl)cc21)CN(C)C. The first-order valence-electron chi connectivity index (χ1n) is 8.28. The molecule has 0 heterocycles. The molecular weight excluding hydrogens is 302 g/mol. The zero-order chi connectivity index (χ0) is 16.4. The van der Waals surface area contributed by atoms with Gasteiger partial charge in [-0.15, -0.1) is 0 Å². The van der Waals surface area contributed by atoms with Crippen LogP contribution in [0.25, 0.3) is 5.57 Å². The Morgan fingerprint density at radius 2 is 1.74 bits per heavy atom. The Morgan fingerprint density at radius 3 is 2.48 bits per heavy atom. The minimum absolute atomic E-state index is 0.484. The van der Waals surface area contributed by atoms with E-state index in [0.717, 1.165) is 24.4 Å². The summed E-state index contributed by atoms with van der Waals surface area (Å²) in [5, 5.41) is 0.814. The van der Waals surface area contributed by atoms with Gasteiger partial charge >= 0.3 is 0 Å². The lowest BCUT2D eigenvalue weighted by atomic mass is 9.91. The average Bonchev–Trinajstić information content (AvgIpc) is 2.65. The summed E-state index contributed by atoms with van der Waals surface area (Å²) in [5.74, 6) is 0.484. The molecule has 0 bridgehead atoms. The molecule has 1 aliphatic carbocycles. The van der Waals surface area contributed by atoms with Crippen LogP contribution in [0.15, 0.2) is 48.5 Å². The van der Waals surface area contributed by atoms with Gasteiger partial charge in [-0.1, -0.05) is 54.9 Å². The van der Waals surface area contributed by atoms with Crippen LogP contribution in [-0.2, 0) is 12.8 Å². The van der Waals surface area contributed by atoms with E-state index in [2.05, 4.69) is 68.4 Å². The zero-order valence-corrected chi connectivity index (χ0v) is 14.9. The van der Waals surface area contributed by atoms with E-state index < -0.39 is 0 Å². The fourth-order valence-electron chi connectivity index (χ4n) is 3.53. The molecule has 0 N–H and O–H groups in total. The van der Waals surface area contributed by atoms with Crippen LogP contribution >= 0.6 is 11.6 Å². The number of benzene rings is 2. The average molecular weight is 326 g/mol. The molecule has 120 valence electrons. The smallest absolute Gasteiger partial charge is 0.0412 e. The summed E-state index contributed by atoms with van der Waals surface area (Å²) in [7, 11) is 4.25. The second kappa shape index (κ2) is 6.90. The number of fused-ring (bicyclic) bond motifs is 2. The molecule has 0 radical (unpaired) electrons. The highest BCUT2D eigenvalue weighted by Gasteiger charge is 2.19. The minimum atomic E-state index is 0.484. The summed E-state index contributed by atoms with van der Waals surface area (Å²) < 4.78 is 0. The highest BCUT2D eigenvalue weighted by atomic mass is 35.5. The maximum absolute atomic E-state index is 6.31. The van der Waals surface area contributed by atoms with Crippen LogP contribution in [0.5, 0.6) is 0 Å². The maximum atomic E-state index is 6.31. The van der Waals surface area contributed by atoms with Gasteiger partial charge in [-0.2, -0.15) is 0 Å². The van der Waals surface area contributed by atoms with E-state index in [0.29, 0.717) is 5.92 Å². The second-order valence-electron chi connectivity index (χ2n) is 6.78. The Balaban J connectivity index is 2.15. The van der Waals surface area contributed by atoms with Gasteiger partial charge in [0.15, 0.2) is 0 Å². The molecule has 1 atom stereocenters. The molecule has 0 aromatic heterocycles. The quantitative estimate of drug-likeness (QED) is 0.761. The number of hydrogen-bond donors (Lipinski definition) is 0. The Kier molecular flexibility index (Phi) is 4.89. The minimum Gasteiger partial charge on any atom is -0.309 e. The highest BCUT2D eigenvalue weighted by molar-refractivity contribution is 6.30. The first kappa shape index (κ1) is 16.3. The molecule has 0 aliphatic heterocycles. The van der Waals surface area contributed by atoms with Crippen molar-refractivity contribution in [1.29, 1.82) is 0 Å². The molecule has 0 saturated heterocycles. The summed E-state index contributed by atoms with van der Waals surface area (Å²) in [5.41, 5.74) is 6.83. The number of rotatable bonds is 3. The Morgan fingerprint density at radius 1 is 1.04 bits per heavy atom. The number of nitrogens with zero attached hydrogens (tertiary/aromatic N) is 1. The summed E-state index contributed by atoms with van der Waals surface area (Å²) in [6, 6.07) is 15.1. The van der Waals surface area contributed by atoms with Crippen LogP contribution in [0.4, 0.5) is 0 Å².